The summed E-state index contributed by atoms with van der Waals surface area (Å²) in [4.78, 5) is 26.5. The smallest absolute Gasteiger partial charge is 0.320 e. The van der Waals surface area contributed by atoms with Crippen LogP contribution >= 0.6 is 0 Å². The summed E-state index contributed by atoms with van der Waals surface area (Å²) in [6.45, 7) is 4.87. The van der Waals surface area contributed by atoms with Crippen molar-refractivity contribution in [3.63, 3.8) is 0 Å². The Bertz CT molecular complexity index is 316. The fraction of sp³-hybridized carbons (Fsp3) is 0.833. The molecule has 0 saturated carbocycles. The summed E-state index contributed by atoms with van der Waals surface area (Å²) in [7, 11) is 0. The topological polar surface area (TPSA) is 60.9 Å². The van der Waals surface area contributed by atoms with Crippen LogP contribution in [0.25, 0.3) is 0 Å². The summed E-state index contributed by atoms with van der Waals surface area (Å²) in [5.74, 6) is -1.16. The number of aliphatic carboxylic acids is 1. The van der Waals surface area contributed by atoms with Crippen molar-refractivity contribution < 1.29 is 14.7 Å². The van der Waals surface area contributed by atoms with Gasteiger partial charge >= 0.3 is 12.0 Å². The maximum atomic E-state index is 12.2. The van der Waals surface area contributed by atoms with E-state index in [0.717, 1.165) is 12.8 Å². The van der Waals surface area contributed by atoms with Gasteiger partial charge in [0, 0.05) is 25.2 Å². The van der Waals surface area contributed by atoms with E-state index in [-0.39, 0.29) is 24.0 Å². The van der Waals surface area contributed by atoms with Crippen LogP contribution in [-0.2, 0) is 4.79 Å². The zero-order chi connectivity index (χ0) is 12.6. The normalized spacial score (nSPS) is 30.0. The Morgan fingerprint density at radius 2 is 1.65 bits per heavy atom. The van der Waals surface area contributed by atoms with E-state index in [9.17, 15) is 9.59 Å². The van der Waals surface area contributed by atoms with Crippen LogP contribution in [-0.4, -0.2) is 52.1 Å². The highest BCUT2D eigenvalue weighted by Gasteiger charge is 2.40. The Morgan fingerprint density at radius 3 is 2.12 bits per heavy atom. The van der Waals surface area contributed by atoms with Gasteiger partial charge in [0.2, 0.25) is 0 Å². The molecule has 5 heteroatoms. The van der Waals surface area contributed by atoms with Crippen LogP contribution in [0.15, 0.2) is 0 Å². The molecule has 0 spiro atoms. The van der Waals surface area contributed by atoms with Crippen LogP contribution in [0.1, 0.15) is 33.1 Å². The van der Waals surface area contributed by atoms with Crippen molar-refractivity contribution in [3.8, 4) is 0 Å². The lowest BCUT2D eigenvalue weighted by Crippen LogP contribution is -2.60. The molecule has 0 aromatic heterocycles. The monoisotopic (exact) mass is 240 g/mol. The van der Waals surface area contributed by atoms with E-state index in [4.69, 9.17) is 5.11 Å². The van der Waals surface area contributed by atoms with E-state index in [2.05, 4.69) is 13.8 Å². The van der Waals surface area contributed by atoms with E-state index in [0.29, 0.717) is 13.1 Å². The molecule has 2 atom stereocenters. The molecule has 0 aromatic carbocycles. The van der Waals surface area contributed by atoms with E-state index in [1.54, 1.807) is 4.90 Å². The van der Waals surface area contributed by atoms with Gasteiger partial charge in [0.1, 0.15) is 0 Å². The van der Waals surface area contributed by atoms with Crippen LogP contribution in [0.4, 0.5) is 4.79 Å². The molecule has 2 heterocycles. The molecule has 0 unspecified atom stereocenters. The molecule has 5 nitrogen and oxygen atoms in total. The fourth-order valence-corrected chi connectivity index (χ4v) is 2.75. The number of amides is 2. The molecule has 2 amide bonds. The first-order valence-corrected chi connectivity index (χ1v) is 6.30. The summed E-state index contributed by atoms with van der Waals surface area (Å²) >= 11 is 0. The summed E-state index contributed by atoms with van der Waals surface area (Å²) in [5, 5.41) is 8.80. The maximum absolute atomic E-state index is 12.2. The van der Waals surface area contributed by atoms with Crippen LogP contribution < -0.4 is 0 Å². The number of hydrogen-bond donors (Lipinski definition) is 1. The lowest BCUT2D eigenvalue weighted by Gasteiger charge is -2.45. The second-order valence-corrected chi connectivity index (χ2v) is 5.26. The first-order valence-electron chi connectivity index (χ1n) is 6.30. The Kier molecular flexibility index (Phi) is 3.26. The highest BCUT2D eigenvalue weighted by molar-refractivity contribution is 5.80. The van der Waals surface area contributed by atoms with Crippen LogP contribution in [0.2, 0.25) is 0 Å². The molecule has 96 valence electrons. The minimum atomic E-state index is -0.797. The third kappa shape index (κ3) is 2.23. The predicted molar refractivity (Wildman–Crippen MR) is 62.7 cm³/mol. The van der Waals surface area contributed by atoms with Gasteiger partial charge in [0.25, 0.3) is 0 Å². The zero-order valence-electron chi connectivity index (χ0n) is 10.4. The Balaban J connectivity index is 1.94. The number of carbonyl (C=O) groups is 2. The fourth-order valence-electron chi connectivity index (χ4n) is 2.75. The number of nitrogens with zero attached hydrogens (tertiary/aromatic N) is 2. The highest BCUT2D eigenvalue weighted by Crippen LogP contribution is 2.26. The van der Waals surface area contributed by atoms with Crippen molar-refractivity contribution in [1.29, 1.82) is 0 Å². The predicted octanol–water partition coefficient (Wildman–Crippen LogP) is 1.39. The summed E-state index contributed by atoms with van der Waals surface area (Å²) in [5.41, 5.74) is 0. The summed E-state index contributed by atoms with van der Waals surface area (Å²) < 4.78 is 0. The van der Waals surface area contributed by atoms with Gasteiger partial charge in [-0.15, -0.1) is 0 Å². The van der Waals surface area contributed by atoms with Crippen molar-refractivity contribution in [2.75, 3.05) is 13.1 Å². The van der Waals surface area contributed by atoms with Crippen molar-refractivity contribution in [1.82, 2.24) is 9.80 Å². The van der Waals surface area contributed by atoms with Crippen molar-refractivity contribution >= 4 is 12.0 Å². The van der Waals surface area contributed by atoms with Gasteiger partial charge in [-0.3, -0.25) is 4.79 Å². The van der Waals surface area contributed by atoms with Crippen LogP contribution in [0.5, 0.6) is 0 Å². The van der Waals surface area contributed by atoms with Gasteiger partial charge in [0.05, 0.1) is 5.92 Å². The number of urea groups is 1. The Morgan fingerprint density at radius 1 is 1.12 bits per heavy atom. The van der Waals surface area contributed by atoms with Crippen molar-refractivity contribution in [2.45, 2.75) is 45.2 Å². The minimum absolute atomic E-state index is 0.0159. The van der Waals surface area contributed by atoms with Gasteiger partial charge < -0.3 is 14.9 Å². The molecule has 2 fully saturated rings. The van der Waals surface area contributed by atoms with Gasteiger partial charge in [-0.25, -0.2) is 4.79 Å². The van der Waals surface area contributed by atoms with Gasteiger partial charge in [0.15, 0.2) is 0 Å². The summed E-state index contributed by atoms with van der Waals surface area (Å²) in [6, 6.07) is 0.562. The minimum Gasteiger partial charge on any atom is -0.481 e. The average molecular weight is 240 g/mol. The zero-order valence-corrected chi connectivity index (χ0v) is 10.4. The lowest BCUT2D eigenvalue weighted by molar-refractivity contribution is -0.146. The lowest BCUT2D eigenvalue weighted by atomic mass is 9.96. The number of piperidine rings is 1. The Labute approximate surface area is 101 Å². The molecule has 0 bridgehead atoms. The largest absolute Gasteiger partial charge is 0.481 e. The maximum Gasteiger partial charge on any atom is 0.320 e. The molecule has 17 heavy (non-hydrogen) atoms. The van der Waals surface area contributed by atoms with E-state index < -0.39 is 5.97 Å². The molecular formula is C12H20N2O3. The highest BCUT2D eigenvalue weighted by atomic mass is 16.4. The molecule has 0 aliphatic carbocycles. The van der Waals surface area contributed by atoms with Crippen LogP contribution in [0, 0.1) is 5.92 Å². The molecule has 0 aromatic rings. The third-order valence-corrected chi connectivity index (χ3v) is 3.92. The molecule has 2 saturated heterocycles. The molecule has 2 aliphatic heterocycles. The Hall–Kier alpha value is -1.26. The number of carbonyl (C=O) groups excluding carboxylic acids is 1. The second-order valence-electron chi connectivity index (χ2n) is 5.26. The number of hydrogen-bond acceptors (Lipinski definition) is 2. The van der Waals surface area contributed by atoms with Crippen LogP contribution in [0.3, 0.4) is 0 Å². The second kappa shape index (κ2) is 4.55. The molecule has 0 radical (unpaired) electrons. The first-order chi connectivity index (χ1) is 8.00. The van der Waals surface area contributed by atoms with E-state index in [1.807, 2.05) is 4.90 Å². The third-order valence-electron chi connectivity index (χ3n) is 3.92. The SMILES string of the molecule is C[C@@H]1CCC[C@H](C)N1C(=O)N1CC(C(=O)O)C1. The van der Waals surface area contributed by atoms with E-state index in [1.165, 1.54) is 6.42 Å². The summed E-state index contributed by atoms with van der Waals surface area (Å²) in [6.07, 6.45) is 3.27. The number of likely N-dealkylation sites (tertiary alicyclic amines) is 2. The first kappa shape index (κ1) is 12.2. The van der Waals surface area contributed by atoms with Crippen molar-refractivity contribution in [3.05, 3.63) is 0 Å². The van der Waals surface area contributed by atoms with E-state index >= 15 is 0 Å². The average Bonchev–Trinajstić information content (AvgIpc) is 2.13. The molecule has 2 aliphatic rings. The molecule has 2 rings (SSSR count). The van der Waals surface area contributed by atoms with Gasteiger partial charge in [-0.05, 0) is 33.1 Å². The molecule has 1 N–H and O–H groups in total. The van der Waals surface area contributed by atoms with Gasteiger partial charge in [-0.1, -0.05) is 0 Å². The number of carboxylic acids is 1. The molecular weight excluding hydrogens is 220 g/mol. The number of rotatable bonds is 1. The standard InChI is InChI=1S/C12H20N2O3/c1-8-4-3-5-9(2)14(8)12(17)13-6-10(7-13)11(15)16/h8-10H,3-7H2,1-2H3,(H,15,16)/t8-,9+. The number of carboxylic acid groups (broad SMARTS) is 1. The van der Waals surface area contributed by atoms with Gasteiger partial charge in [-0.2, -0.15) is 0 Å². The van der Waals surface area contributed by atoms with Crippen molar-refractivity contribution in [2.24, 2.45) is 5.92 Å². The quantitative estimate of drug-likeness (QED) is 0.753.